The van der Waals surface area contributed by atoms with E-state index >= 15 is 0 Å². The molecule has 0 spiro atoms. The molecule has 0 aliphatic rings. The molecule has 12 heavy (non-hydrogen) atoms. The molecule has 0 bridgehead atoms. The van der Waals surface area contributed by atoms with Gasteiger partial charge in [0.05, 0.1) is 0 Å². The SMILES string of the molecule is Cc1cc(C(=O)C(C)CN)cs1. The highest BCUT2D eigenvalue weighted by atomic mass is 32.1. The molecule has 1 aromatic rings. The molecule has 0 aliphatic carbocycles. The van der Waals surface area contributed by atoms with Crippen molar-refractivity contribution in [3.8, 4) is 0 Å². The number of thiophene rings is 1. The largest absolute Gasteiger partial charge is 0.330 e. The second-order valence-corrected chi connectivity index (χ2v) is 4.06. The van der Waals surface area contributed by atoms with E-state index in [-0.39, 0.29) is 11.7 Å². The molecular weight excluding hydrogens is 170 g/mol. The summed E-state index contributed by atoms with van der Waals surface area (Å²) in [5, 5.41) is 1.89. The molecule has 0 aromatic carbocycles. The minimum atomic E-state index is -0.0565. The van der Waals surface area contributed by atoms with E-state index < -0.39 is 0 Å². The molecule has 0 radical (unpaired) electrons. The molecule has 0 aliphatic heterocycles. The van der Waals surface area contributed by atoms with Crippen LogP contribution in [0.15, 0.2) is 11.4 Å². The average molecular weight is 183 g/mol. The van der Waals surface area contributed by atoms with Crippen LogP contribution < -0.4 is 5.73 Å². The first kappa shape index (κ1) is 9.42. The highest BCUT2D eigenvalue weighted by Crippen LogP contribution is 2.16. The number of Topliss-reactive ketones (excluding diaryl/α,β-unsaturated/α-hetero) is 1. The van der Waals surface area contributed by atoms with Crippen LogP contribution in [0.2, 0.25) is 0 Å². The average Bonchev–Trinajstić information content (AvgIpc) is 2.49. The lowest BCUT2D eigenvalue weighted by atomic mass is 10.0. The molecule has 0 saturated carbocycles. The third-order valence-electron chi connectivity index (χ3n) is 1.82. The minimum absolute atomic E-state index is 0.0565. The zero-order valence-electron chi connectivity index (χ0n) is 7.33. The highest BCUT2D eigenvalue weighted by molar-refractivity contribution is 7.10. The summed E-state index contributed by atoms with van der Waals surface area (Å²) in [4.78, 5) is 12.7. The van der Waals surface area contributed by atoms with E-state index in [9.17, 15) is 4.79 Å². The van der Waals surface area contributed by atoms with Crippen LogP contribution in [-0.4, -0.2) is 12.3 Å². The van der Waals surface area contributed by atoms with E-state index in [1.165, 1.54) is 4.88 Å². The molecular formula is C9H13NOS. The second kappa shape index (κ2) is 3.83. The summed E-state index contributed by atoms with van der Waals surface area (Å²) in [5.74, 6) is 0.0980. The van der Waals surface area contributed by atoms with E-state index in [0.717, 1.165) is 5.56 Å². The molecule has 1 aromatic heterocycles. The Morgan fingerprint density at radius 3 is 2.83 bits per heavy atom. The number of hydrogen-bond donors (Lipinski definition) is 1. The number of carbonyl (C=O) groups is 1. The Morgan fingerprint density at radius 2 is 2.42 bits per heavy atom. The van der Waals surface area contributed by atoms with Gasteiger partial charge in [0.15, 0.2) is 5.78 Å². The maximum atomic E-state index is 11.5. The first-order valence-corrected chi connectivity index (χ1v) is 4.82. The number of rotatable bonds is 3. The minimum Gasteiger partial charge on any atom is -0.330 e. The summed E-state index contributed by atoms with van der Waals surface area (Å²) < 4.78 is 0. The van der Waals surface area contributed by atoms with Crippen molar-refractivity contribution in [2.45, 2.75) is 13.8 Å². The maximum Gasteiger partial charge on any atom is 0.167 e. The van der Waals surface area contributed by atoms with Crippen LogP contribution in [0.25, 0.3) is 0 Å². The fraction of sp³-hybridized carbons (Fsp3) is 0.444. The first-order chi connectivity index (χ1) is 5.65. The van der Waals surface area contributed by atoms with Crippen LogP contribution >= 0.6 is 11.3 Å². The molecule has 2 nitrogen and oxygen atoms in total. The summed E-state index contributed by atoms with van der Waals surface area (Å²) in [7, 11) is 0. The van der Waals surface area contributed by atoms with Gasteiger partial charge in [0, 0.05) is 28.3 Å². The number of nitrogens with two attached hydrogens (primary N) is 1. The number of carbonyl (C=O) groups excluding carboxylic acids is 1. The van der Waals surface area contributed by atoms with E-state index in [1.807, 2.05) is 25.3 Å². The Hall–Kier alpha value is -0.670. The summed E-state index contributed by atoms with van der Waals surface area (Å²) in [5.41, 5.74) is 6.20. The summed E-state index contributed by atoms with van der Waals surface area (Å²) in [6, 6.07) is 1.92. The van der Waals surface area contributed by atoms with Gasteiger partial charge in [-0.15, -0.1) is 11.3 Å². The van der Waals surface area contributed by atoms with E-state index in [1.54, 1.807) is 11.3 Å². The standard InChI is InChI=1S/C9H13NOS/c1-6(4-10)9(11)8-3-7(2)12-5-8/h3,5-6H,4,10H2,1-2H3. The fourth-order valence-corrected chi connectivity index (χ4v) is 1.66. The molecule has 0 amide bonds. The van der Waals surface area contributed by atoms with Gasteiger partial charge in [0.2, 0.25) is 0 Å². The second-order valence-electron chi connectivity index (χ2n) is 2.95. The molecule has 2 N–H and O–H groups in total. The van der Waals surface area contributed by atoms with Crippen LogP contribution in [-0.2, 0) is 0 Å². The van der Waals surface area contributed by atoms with Crippen molar-refractivity contribution < 1.29 is 4.79 Å². The first-order valence-electron chi connectivity index (χ1n) is 3.94. The van der Waals surface area contributed by atoms with Crippen LogP contribution in [0.4, 0.5) is 0 Å². The predicted molar refractivity (Wildman–Crippen MR) is 51.6 cm³/mol. The number of ketones is 1. The summed E-state index contributed by atoms with van der Waals surface area (Å²) in [6.45, 7) is 4.28. The van der Waals surface area contributed by atoms with Gasteiger partial charge >= 0.3 is 0 Å². The Morgan fingerprint density at radius 1 is 1.75 bits per heavy atom. The van der Waals surface area contributed by atoms with Gasteiger partial charge in [0.1, 0.15) is 0 Å². The molecule has 0 saturated heterocycles. The highest BCUT2D eigenvalue weighted by Gasteiger charge is 2.13. The van der Waals surface area contributed by atoms with Gasteiger partial charge in [-0.2, -0.15) is 0 Å². The Labute approximate surface area is 76.4 Å². The number of aryl methyl sites for hydroxylation is 1. The third kappa shape index (κ3) is 1.93. The zero-order chi connectivity index (χ0) is 9.14. The molecule has 66 valence electrons. The zero-order valence-corrected chi connectivity index (χ0v) is 8.15. The molecule has 1 atom stereocenters. The molecule has 0 fully saturated rings. The topological polar surface area (TPSA) is 43.1 Å². The maximum absolute atomic E-state index is 11.5. The Bertz CT molecular complexity index is 280. The van der Waals surface area contributed by atoms with E-state index in [4.69, 9.17) is 5.73 Å². The monoisotopic (exact) mass is 183 g/mol. The van der Waals surface area contributed by atoms with Crippen LogP contribution in [0.1, 0.15) is 22.2 Å². The van der Waals surface area contributed by atoms with Crippen LogP contribution in [0.5, 0.6) is 0 Å². The lowest BCUT2D eigenvalue weighted by Crippen LogP contribution is -2.20. The van der Waals surface area contributed by atoms with Crippen molar-refractivity contribution >= 4 is 17.1 Å². The van der Waals surface area contributed by atoms with E-state index in [0.29, 0.717) is 6.54 Å². The van der Waals surface area contributed by atoms with Gasteiger partial charge in [-0.1, -0.05) is 6.92 Å². The van der Waals surface area contributed by atoms with Gasteiger partial charge in [-0.05, 0) is 13.0 Å². The molecule has 1 unspecified atom stereocenters. The molecule has 1 heterocycles. The van der Waals surface area contributed by atoms with Crippen molar-refractivity contribution in [3.05, 3.63) is 21.9 Å². The van der Waals surface area contributed by atoms with Gasteiger partial charge in [0.25, 0.3) is 0 Å². The van der Waals surface area contributed by atoms with Crippen molar-refractivity contribution in [2.75, 3.05) is 6.54 Å². The van der Waals surface area contributed by atoms with Gasteiger partial charge in [-0.3, -0.25) is 4.79 Å². The lowest BCUT2D eigenvalue weighted by molar-refractivity contribution is 0.0934. The Balaban J connectivity index is 2.78. The summed E-state index contributed by atoms with van der Waals surface area (Å²) >= 11 is 1.60. The van der Waals surface area contributed by atoms with Gasteiger partial charge in [-0.25, -0.2) is 0 Å². The van der Waals surface area contributed by atoms with Crippen molar-refractivity contribution in [1.82, 2.24) is 0 Å². The van der Waals surface area contributed by atoms with E-state index in [2.05, 4.69) is 0 Å². The summed E-state index contributed by atoms with van der Waals surface area (Å²) in [6.07, 6.45) is 0. The quantitative estimate of drug-likeness (QED) is 0.726. The smallest absolute Gasteiger partial charge is 0.167 e. The fourth-order valence-electron chi connectivity index (χ4n) is 0.964. The van der Waals surface area contributed by atoms with Crippen molar-refractivity contribution in [3.63, 3.8) is 0 Å². The van der Waals surface area contributed by atoms with Crippen molar-refractivity contribution in [1.29, 1.82) is 0 Å². The molecule has 3 heteroatoms. The Kier molecular flexibility index (Phi) is 3.00. The van der Waals surface area contributed by atoms with Crippen molar-refractivity contribution in [2.24, 2.45) is 11.7 Å². The normalized spacial score (nSPS) is 12.9. The van der Waals surface area contributed by atoms with Crippen LogP contribution in [0.3, 0.4) is 0 Å². The van der Waals surface area contributed by atoms with Crippen LogP contribution in [0, 0.1) is 12.8 Å². The van der Waals surface area contributed by atoms with Gasteiger partial charge < -0.3 is 5.73 Å². The predicted octanol–water partition coefficient (Wildman–Crippen LogP) is 1.83. The third-order valence-corrected chi connectivity index (χ3v) is 2.68. The molecule has 1 rings (SSSR count). The lowest BCUT2D eigenvalue weighted by Gasteiger charge is -2.03. The number of hydrogen-bond acceptors (Lipinski definition) is 3.